The van der Waals surface area contributed by atoms with Gasteiger partial charge in [0.1, 0.15) is 6.04 Å². The normalized spacial score (nSPS) is 20.9. The van der Waals surface area contributed by atoms with E-state index in [1.54, 1.807) is 4.90 Å². The van der Waals surface area contributed by atoms with E-state index in [2.05, 4.69) is 18.3 Å². The van der Waals surface area contributed by atoms with Crippen molar-refractivity contribution in [3.63, 3.8) is 0 Å². The quantitative estimate of drug-likeness (QED) is 0.837. The third-order valence-electron chi connectivity index (χ3n) is 3.36. The largest absolute Gasteiger partial charge is 0.394 e. The molecule has 1 unspecified atom stereocenters. The Kier molecular flexibility index (Phi) is 4.33. The Morgan fingerprint density at radius 2 is 2.22 bits per heavy atom. The molecule has 1 saturated heterocycles. The molecule has 0 aliphatic carbocycles. The first kappa shape index (κ1) is 13.1. The smallest absolute Gasteiger partial charge is 0.246 e. The number of carbonyl (C=O) groups excluding carboxylic acids is 1. The lowest BCUT2D eigenvalue weighted by molar-refractivity contribution is -0.121. The highest BCUT2D eigenvalue weighted by molar-refractivity contribution is 5.98. The number of benzene rings is 1. The number of amides is 1. The summed E-state index contributed by atoms with van der Waals surface area (Å²) in [6.45, 7) is 3.41. The van der Waals surface area contributed by atoms with Crippen LogP contribution in [0.25, 0.3) is 0 Å². The van der Waals surface area contributed by atoms with Gasteiger partial charge in [-0.05, 0) is 31.0 Å². The average Bonchev–Trinajstić information content (AvgIpc) is 2.60. The van der Waals surface area contributed by atoms with E-state index in [9.17, 15) is 9.90 Å². The van der Waals surface area contributed by atoms with Crippen LogP contribution in [0, 0.1) is 0 Å². The van der Waals surface area contributed by atoms with Gasteiger partial charge >= 0.3 is 0 Å². The van der Waals surface area contributed by atoms with Crippen molar-refractivity contribution in [2.45, 2.75) is 25.8 Å². The zero-order valence-electron chi connectivity index (χ0n) is 10.7. The fraction of sp³-hybridized carbons (Fsp3) is 0.500. The highest BCUT2D eigenvalue weighted by Gasteiger charge is 2.27. The molecule has 4 nitrogen and oxygen atoms in total. The number of rotatable bonds is 3. The molecular formula is C14H20N2O2. The summed E-state index contributed by atoms with van der Waals surface area (Å²) in [6.07, 6.45) is 1.80. The predicted molar refractivity (Wildman–Crippen MR) is 71.7 cm³/mol. The van der Waals surface area contributed by atoms with Crippen LogP contribution in [0.2, 0.25) is 0 Å². The summed E-state index contributed by atoms with van der Waals surface area (Å²) in [5, 5.41) is 12.3. The Hall–Kier alpha value is -1.39. The molecule has 0 aromatic heterocycles. The summed E-state index contributed by atoms with van der Waals surface area (Å²) in [5.41, 5.74) is 2.15. The van der Waals surface area contributed by atoms with E-state index >= 15 is 0 Å². The number of anilines is 1. The summed E-state index contributed by atoms with van der Waals surface area (Å²) < 4.78 is 0. The number of aryl methyl sites for hydroxylation is 1. The molecule has 0 spiro atoms. The second-order valence-electron chi connectivity index (χ2n) is 4.51. The van der Waals surface area contributed by atoms with E-state index in [0.717, 1.165) is 25.1 Å². The van der Waals surface area contributed by atoms with Gasteiger partial charge in [-0.1, -0.05) is 25.1 Å². The molecule has 1 aliphatic heterocycles. The summed E-state index contributed by atoms with van der Waals surface area (Å²) in [5.74, 6) is -0.0316. The number of carbonyl (C=O) groups is 1. The van der Waals surface area contributed by atoms with Crippen LogP contribution < -0.4 is 10.2 Å². The Morgan fingerprint density at radius 1 is 1.44 bits per heavy atom. The minimum absolute atomic E-state index is 0.0316. The van der Waals surface area contributed by atoms with E-state index < -0.39 is 6.04 Å². The van der Waals surface area contributed by atoms with Crippen molar-refractivity contribution in [3.8, 4) is 0 Å². The fourth-order valence-electron chi connectivity index (χ4n) is 2.35. The SMILES string of the molecule is CCc1ccccc1N1CCCNC(CO)C1=O. The third-order valence-corrected chi connectivity index (χ3v) is 3.36. The lowest BCUT2D eigenvalue weighted by atomic mass is 10.1. The summed E-state index contributed by atoms with van der Waals surface area (Å²) in [7, 11) is 0. The molecule has 0 radical (unpaired) electrons. The molecule has 2 rings (SSSR count). The number of hydrogen-bond acceptors (Lipinski definition) is 3. The fourth-order valence-corrected chi connectivity index (χ4v) is 2.35. The second kappa shape index (κ2) is 5.98. The van der Waals surface area contributed by atoms with Crippen molar-refractivity contribution in [1.82, 2.24) is 5.32 Å². The standard InChI is InChI=1S/C14H20N2O2/c1-2-11-6-3-4-7-13(11)16-9-5-8-15-12(10-17)14(16)18/h3-4,6-7,12,15,17H,2,5,8-10H2,1H3. The first-order valence-corrected chi connectivity index (χ1v) is 6.51. The van der Waals surface area contributed by atoms with Gasteiger partial charge in [-0.3, -0.25) is 4.79 Å². The molecule has 98 valence electrons. The minimum Gasteiger partial charge on any atom is -0.394 e. The molecule has 1 amide bonds. The van der Waals surface area contributed by atoms with Crippen molar-refractivity contribution < 1.29 is 9.90 Å². The third kappa shape index (κ3) is 2.54. The molecule has 1 atom stereocenters. The highest BCUT2D eigenvalue weighted by atomic mass is 16.3. The van der Waals surface area contributed by atoms with Crippen LogP contribution in [0.4, 0.5) is 5.69 Å². The molecule has 4 heteroatoms. The minimum atomic E-state index is -0.475. The topological polar surface area (TPSA) is 52.6 Å². The van der Waals surface area contributed by atoms with E-state index in [4.69, 9.17) is 0 Å². The lowest BCUT2D eigenvalue weighted by Gasteiger charge is -2.25. The van der Waals surface area contributed by atoms with Crippen LogP contribution >= 0.6 is 0 Å². The van der Waals surface area contributed by atoms with Crippen molar-refractivity contribution in [2.24, 2.45) is 0 Å². The molecule has 0 saturated carbocycles. The number of nitrogens with zero attached hydrogens (tertiary/aromatic N) is 1. The Morgan fingerprint density at radius 3 is 2.94 bits per heavy atom. The van der Waals surface area contributed by atoms with E-state index in [-0.39, 0.29) is 12.5 Å². The molecule has 1 aromatic carbocycles. The van der Waals surface area contributed by atoms with Crippen molar-refractivity contribution >= 4 is 11.6 Å². The zero-order valence-corrected chi connectivity index (χ0v) is 10.7. The first-order chi connectivity index (χ1) is 8.77. The maximum Gasteiger partial charge on any atom is 0.246 e. The van der Waals surface area contributed by atoms with Crippen LogP contribution in [0.15, 0.2) is 24.3 Å². The van der Waals surface area contributed by atoms with Gasteiger partial charge in [0, 0.05) is 12.2 Å². The van der Waals surface area contributed by atoms with Gasteiger partial charge in [0.25, 0.3) is 0 Å². The van der Waals surface area contributed by atoms with Gasteiger partial charge in [-0.25, -0.2) is 0 Å². The van der Waals surface area contributed by atoms with Gasteiger partial charge in [0.15, 0.2) is 0 Å². The monoisotopic (exact) mass is 248 g/mol. The maximum absolute atomic E-state index is 12.3. The zero-order chi connectivity index (χ0) is 13.0. The number of aliphatic hydroxyl groups is 1. The van der Waals surface area contributed by atoms with E-state index in [1.165, 1.54) is 5.56 Å². The van der Waals surface area contributed by atoms with Crippen molar-refractivity contribution in [2.75, 3.05) is 24.6 Å². The number of aliphatic hydroxyl groups excluding tert-OH is 1. The Balaban J connectivity index is 2.32. The van der Waals surface area contributed by atoms with Crippen LogP contribution in [0.1, 0.15) is 18.9 Å². The van der Waals surface area contributed by atoms with Gasteiger partial charge in [-0.15, -0.1) is 0 Å². The molecule has 2 N–H and O–H groups in total. The summed E-state index contributed by atoms with van der Waals surface area (Å²) in [4.78, 5) is 14.2. The van der Waals surface area contributed by atoms with Crippen LogP contribution in [0.3, 0.4) is 0 Å². The number of para-hydroxylation sites is 1. The molecular weight excluding hydrogens is 228 g/mol. The molecule has 1 heterocycles. The van der Waals surface area contributed by atoms with Crippen LogP contribution in [-0.2, 0) is 11.2 Å². The van der Waals surface area contributed by atoms with Crippen molar-refractivity contribution in [3.05, 3.63) is 29.8 Å². The molecule has 18 heavy (non-hydrogen) atoms. The van der Waals surface area contributed by atoms with Gasteiger partial charge in [0.2, 0.25) is 5.91 Å². The molecule has 1 aromatic rings. The van der Waals surface area contributed by atoms with Gasteiger partial charge in [-0.2, -0.15) is 0 Å². The summed E-state index contributed by atoms with van der Waals surface area (Å²) >= 11 is 0. The van der Waals surface area contributed by atoms with Crippen LogP contribution in [-0.4, -0.2) is 36.8 Å². The maximum atomic E-state index is 12.3. The molecule has 1 aliphatic rings. The average molecular weight is 248 g/mol. The number of nitrogens with one attached hydrogen (secondary N) is 1. The lowest BCUT2D eigenvalue weighted by Crippen LogP contribution is -2.46. The Labute approximate surface area is 108 Å². The molecule has 0 bridgehead atoms. The van der Waals surface area contributed by atoms with Gasteiger partial charge < -0.3 is 15.3 Å². The Bertz CT molecular complexity index is 420. The number of hydrogen-bond donors (Lipinski definition) is 2. The van der Waals surface area contributed by atoms with E-state index in [1.807, 2.05) is 18.2 Å². The summed E-state index contributed by atoms with van der Waals surface area (Å²) in [6, 6.07) is 7.50. The van der Waals surface area contributed by atoms with Crippen LogP contribution in [0.5, 0.6) is 0 Å². The first-order valence-electron chi connectivity index (χ1n) is 6.51. The highest BCUT2D eigenvalue weighted by Crippen LogP contribution is 2.22. The van der Waals surface area contributed by atoms with Gasteiger partial charge in [0.05, 0.1) is 6.61 Å². The second-order valence-corrected chi connectivity index (χ2v) is 4.51. The van der Waals surface area contributed by atoms with E-state index in [0.29, 0.717) is 6.54 Å². The molecule has 1 fully saturated rings. The predicted octanol–water partition coefficient (Wildman–Crippen LogP) is 0.936. The van der Waals surface area contributed by atoms with Crippen molar-refractivity contribution in [1.29, 1.82) is 0 Å².